The molecule has 0 bridgehead atoms. The number of benzene rings is 1. The molecule has 25 heavy (non-hydrogen) atoms. The molecule has 126 valence electrons. The van der Waals surface area contributed by atoms with Crippen molar-refractivity contribution in [2.24, 2.45) is 5.10 Å². The number of rotatable bonds is 5. The molecule has 1 heterocycles. The number of carbonyl (C=O) groups is 1. The Labute approximate surface area is 159 Å². The molecule has 1 aromatic carbocycles. The minimum Gasteiger partial charge on any atom is -0.285 e. The zero-order valence-corrected chi connectivity index (χ0v) is 15.8. The van der Waals surface area contributed by atoms with Crippen LogP contribution in [0.3, 0.4) is 0 Å². The SMILES string of the molecule is CSc1sc(C(=O)C(C#N)=NNc2ccc(Cl)cc2)c2c1C=CCC2. The van der Waals surface area contributed by atoms with Gasteiger partial charge in [0, 0.05) is 10.6 Å². The number of nitriles is 1. The van der Waals surface area contributed by atoms with Crippen LogP contribution in [0.5, 0.6) is 0 Å². The average molecular weight is 388 g/mol. The molecule has 1 aliphatic rings. The van der Waals surface area contributed by atoms with Crippen LogP contribution in [-0.2, 0) is 6.42 Å². The van der Waals surface area contributed by atoms with Crippen molar-refractivity contribution >= 4 is 58.0 Å². The van der Waals surface area contributed by atoms with Crippen molar-refractivity contribution in [3.05, 3.63) is 51.4 Å². The van der Waals surface area contributed by atoms with Crippen molar-refractivity contribution < 1.29 is 4.79 Å². The molecule has 0 aliphatic heterocycles. The number of thiophene rings is 1. The van der Waals surface area contributed by atoms with E-state index in [0.29, 0.717) is 15.6 Å². The Morgan fingerprint density at radius 2 is 2.16 bits per heavy atom. The first-order valence-corrected chi connectivity index (χ1v) is 9.96. The van der Waals surface area contributed by atoms with Crippen LogP contribution in [0.25, 0.3) is 6.08 Å². The Bertz CT molecular complexity index is 908. The molecule has 1 N–H and O–H groups in total. The Morgan fingerprint density at radius 3 is 2.84 bits per heavy atom. The van der Waals surface area contributed by atoms with Gasteiger partial charge in [0.25, 0.3) is 0 Å². The van der Waals surface area contributed by atoms with Crippen LogP contribution >= 0.6 is 34.7 Å². The van der Waals surface area contributed by atoms with Crippen molar-refractivity contribution in [2.45, 2.75) is 17.1 Å². The van der Waals surface area contributed by atoms with Gasteiger partial charge in [0.1, 0.15) is 6.07 Å². The second-order valence-corrected chi connectivity index (χ2v) is 7.81. The number of hydrazone groups is 1. The molecule has 1 aromatic heterocycles. The summed E-state index contributed by atoms with van der Waals surface area (Å²) in [7, 11) is 0. The highest BCUT2D eigenvalue weighted by Gasteiger charge is 2.25. The highest BCUT2D eigenvalue weighted by molar-refractivity contribution is 8.00. The fourth-order valence-electron chi connectivity index (χ4n) is 2.51. The van der Waals surface area contributed by atoms with Gasteiger partial charge in [-0.05, 0) is 48.9 Å². The number of hydrogen-bond acceptors (Lipinski definition) is 6. The summed E-state index contributed by atoms with van der Waals surface area (Å²) in [6.45, 7) is 0. The van der Waals surface area contributed by atoms with Crippen LogP contribution in [0.2, 0.25) is 5.02 Å². The maximum absolute atomic E-state index is 12.8. The van der Waals surface area contributed by atoms with Crippen LogP contribution in [0, 0.1) is 11.3 Å². The number of nitrogens with zero attached hydrogens (tertiary/aromatic N) is 2. The molecular weight excluding hydrogens is 374 g/mol. The number of hydrogen-bond donors (Lipinski definition) is 1. The van der Waals surface area contributed by atoms with Crippen molar-refractivity contribution in [1.82, 2.24) is 0 Å². The van der Waals surface area contributed by atoms with Gasteiger partial charge < -0.3 is 0 Å². The summed E-state index contributed by atoms with van der Waals surface area (Å²) in [6, 6.07) is 8.79. The number of ketones is 1. The fraction of sp³-hybridized carbons (Fsp3) is 0.167. The van der Waals surface area contributed by atoms with Crippen LogP contribution in [-0.4, -0.2) is 17.8 Å². The van der Waals surface area contributed by atoms with Crippen molar-refractivity contribution in [3.8, 4) is 6.07 Å². The van der Waals surface area contributed by atoms with Gasteiger partial charge in [-0.25, -0.2) is 0 Å². The summed E-state index contributed by atoms with van der Waals surface area (Å²) < 4.78 is 1.09. The first kappa shape index (κ1) is 17.7. The van der Waals surface area contributed by atoms with Gasteiger partial charge in [0.15, 0.2) is 0 Å². The minimum atomic E-state index is -0.333. The lowest BCUT2D eigenvalue weighted by Gasteiger charge is -2.07. The lowest BCUT2D eigenvalue weighted by Crippen LogP contribution is -2.15. The van der Waals surface area contributed by atoms with E-state index < -0.39 is 0 Å². The van der Waals surface area contributed by atoms with Gasteiger partial charge in [-0.1, -0.05) is 23.8 Å². The predicted octanol–water partition coefficient (Wildman–Crippen LogP) is 5.26. The largest absolute Gasteiger partial charge is 0.285 e. The average Bonchev–Trinajstić information content (AvgIpc) is 3.02. The Hall–Kier alpha value is -2.07. The van der Waals surface area contributed by atoms with E-state index in [1.807, 2.05) is 12.3 Å². The van der Waals surface area contributed by atoms with Crippen LogP contribution < -0.4 is 5.43 Å². The molecular formula is C18H14ClN3OS2. The van der Waals surface area contributed by atoms with Crippen molar-refractivity contribution in [1.29, 1.82) is 5.26 Å². The molecule has 4 nitrogen and oxygen atoms in total. The fourth-order valence-corrected chi connectivity index (χ4v) is 4.65. The van der Waals surface area contributed by atoms with Gasteiger partial charge in [0.2, 0.25) is 11.5 Å². The number of halogens is 1. The second kappa shape index (κ2) is 7.87. The van der Waals surface area contributed by atoms with Crippen LogP contribution in [0.4, 0.5) is 5.69 Å². The van der Waals surface area contributed by atoms with E-state index in [2.05, 4.69) is 22.7 Å². The third-order valence-electron chi connectivity index (χ3n) is 3.71. The van der Waals surface area contributed by atoms with Gasteiger partial charge in [-0.15, -0.1) is 23.1 Å². The van der Waals surface area contributed by atoms with E-state index in [1.165, 1.54) is 11.3 Å². The zero-order valence-electron chi connectivity index (χ0n) is 13.4. The molecule has 3 rings (SSSR count). The first-order chi connectivity index (χ1) is 12.1. The molecule has 0 saturated heterocycles. The number of fused-ring (bicyclic) bond motifs is 1. The van der Waals surface area contributed by atoms with E-state index >= 15 is 0 Å². The molecule has 0 saturated carbocycles. The third kappa shape index (κ3) is 3.79. The summed E-state index contributed by atoms with van der Waals surface area (Å²) in [5, 5.41) is 14.0. The lowest BCUT2D eigenvalue weighted by molar-refractivity contribution is 0.107. The molecule has 0 radical (unpaired) electrons. The monoisotopic (exact) mass is 387 g/mol. The Kier molecular flexibility index (Phi) is 5.59. The number of nitrogens with one attached hydrogen (secondary N) is 1. The Balaban J connectivity index is 1.89. The van der Waals surface area contributed by atoms with E-state index in [9.17, 15) is 10.1 Å². The summed E-state index contributed by atoms with van der Waals surface area (Å²) in [4.78, 5) is 13.4. The Morgan fingerprint density at radius 1 is 1.40 bits per heavy atom. The van der Waals surface area contributed by atoms with Crippen molar-refractivity contribution in [2.75, 3.05) is 11.7 Å². The van der Waals surface area contributed by atoms with E-state index in [0.717, 1.165) is 28.2 Å². The molecule has 0 fully saturated rings. The molecule has 0 unspecified atom stereocenters. The lowest BCUT2D eigenvalue weighted by atomic mass is 9.98. The first-order valence-electron chi connectivity index (χ1n) is 7.54. The molecule has 7 heteroatoms. The van der Waals surface area contributed by atoms with Crippen molar-refractivity contribution in [3.63, 3.8) is 0 Å². The summed E-state index contributed by atoms with van der Waals surface area (Å²) in [5.74, 6) is -0.333. The number of carbonyl (C=O) groups excluding carboxylic acids is 1. The number of Topliss-reactive ketones (excluding diaryl/α,β-unsaturated/α-hetero) is 1. The topological polar surface area (TPSA) is 65.2 Å². The zero-order chi connectivity index (χ0) is 17.8. The molecule has 0 amide bonds. The maximum atomic E-state index is 12.8. The quantitative estimate of drug-likeness (QED) is 0.329. The van der Waals surface area contributed by atoms with E-state index in [-0.39, 0.29) is 11.5 Å². The number of anilines is 1. The molecule has 1 aliphatic carbocycles. The van der Waals surface area contributed by atoms with Gasteiger partial charge >= 0.3 is 0 Å². The van der Waals surface area contributed by atoms with Crippen LogP contribution in [0.1, 0.15) is 27.2 Å². The highest BCUT2D eigenvalue weighted by atomic mass is 35.5. The molecule has 0 spiro atoms. The maximum Gasteiger partial charge on any atom is 0.234 e. The smallest absolute Gasteiger partial charge is 0.234 e. The van der Waals surface area contributed by atoms with Crippen LogP contribution in [0.15, 0.2) is 39.7 Å². The van der Waals surface area contributed by atoms with Gasteiger partial charge in [-0.3, -0.25) is 10.2 Å². The number of allylic oxidation sites excluding steroid dienone is 1. The van der Waals surface area contributed by atoms with Gasteiger partial charge in [-0.2, -0.15) is 10.4 Å². The summed E-state index contributed by atoms with van der Waals surface area (Å²) >= 11 is 8.89. The summed E-state index contributed by atoms with van der Waals surface area (Å²) in [6.07, 6.45) is 7.88. The van der Waals surface area contributed by atoms with E-state index in [1.54, 1.807) is 36.0 Å². The van der Waals surface area contributed by atoms with E-state index in [4.69, 9.17) is 11.6 Å². The number of thioether (sulfide) groups is 1. The standard InChI is InChI=1S/C18H14ClN3OS2/c1-24-18-14-5-3-2-4-13(14)17(25-18)16(23)15(10-20)22-21-12-8-6-11(19)7-9-12/h3,5-9,21H,2,4H2,1H3. The normalized spacial score (nSPS) is 13.2. The van der Waals surface area contributed by atoms with Gasteiger partial charge in [0.05, 0.1) is 14.8 Å². The minimum absolute atomic E-state index is 0.152. The second-order valence-electron chi connectivity index (χ2n) is 5.28. The summed E-state index contributed by atoms with van der Waals surface area (Å²) in [5.41, 5.74) is 5.38. The molecule has 2 aromatic rings. The highest BCUT2D eigenvalue weighted by Crippen LogP contribution is 2.39. The molecule has 0 atom stereocenters. The predicted molar refractivity (Wildman–Crippen MR) is 106 cm³/mol. The third-order valence-corrected chi connectivity index (χ3v) is 6.35.